The van der Waals surface area contributed by atoms with Gasteiger partial charge in [0.05, 0.1) is 0 Å². The molecule has 3 rings (SSSR count). The number of benzene rings is 1. The number of nitrogens with two attached hydrogens (primary N) is 1. The Morgan fingerprint density at radius 3 is 2.57 bits per heavy atom. The molecular formula is C17H19FN4O. The maximum Gasteiger partial charge on any atom is 0.267 e. The molecule has 1 saturated heterocycles. The molecule has 2 N–H and O–H groups in total. The van der Waals surface area contributed by atoms with Crippen molar-refractivity contribution in [1.29, 1.82) is 0 Å². The van der Waals surface area contributed by atoms with Gasteiger partial charge in [-0.2, -0.15) is 0 Å². The van der Waals surface area contributed by atoms with Crippen LogP contribution in [-0.4, -0.2) is 42.0 Å². The van der Waals surface area contributed by atoms with Crippen LogP contribution in [0.1, 0.15) is 16.1 Å². The molecule has 6 heteroatoms. The standard InChI is InChI=1S/C17H19FN4O/c18-14-4-1-3-13(11-14)12-21-7-9-22(10-8-21)16-6-2-5-15(20-16)17(19)23/h1-6,11H,7-10,12H2,(H2,19,23). The molecule has 2 heterocycles. The molecule has 0 bridgehead atoms. The van der Waals surface area contributed by atoms with Crippen LogP contribution in [0.2, 0.25) is 0 Å². The maximum atomic E-state index is 13.2. The number of anilines is 1. The van der Waals surface area contributed by atoms with Gasteiger partial charge in [0.1, 0.15) is 17.3 Å². The summed E-state index contributed by atoms with van der Waals surface area (Å²) >= 11 is 0. The van der Waals surface area contributed by atoms with E-state index in [4.69, 9.17) is 5.73 Å². The second-order valence-corrected chi connectivity index (χ2v) is 5.64. The number of hydrogen-bond acceptors (Lipinski definition) is 4. The predicted octanol–water partition coefficient (Wildman–Crippen LogP) is 1.64. The molecule has 1 aliphatic rings. The van der Waals surface area contributed by atoms with Crippen LogP contribution < -0.4 is 10.6 Å². The van der Waals surface area contributed by atoms with Crippen LogP contribution in [0.15, 0.2) is 42.5 Å². The number of carbonyl (C=O) groups excluding carboxylic acids is 1. The van der Waals surface area contributed by atoms with Crippen molar-refractivity contribution in [3.63, 3.8) is 0 Å². The van der Waals surface area contributed by atoms with Crippen LogP contribution in [0, 0.1) is 5.82 Å². The van der Waals surface area contributed by atoms with Crippen molar-refractivity contribution >= 4 is 11.7 Å². The SMILES string of the molecule is NC(=O)c1cccc(N2CCN(Cc3cccc(F)c3)CC2)n1. The van der Waals surface area contributed by atoms with Gasteiger partial charge in [-0.25, -0.2) is 9.37 Å². The summed E-state index contributed by atoms with van der Waals surface area (Å²) in [6.07, 6.45) is 0. The van der Waals surface area contributed by atoms with Gasteiger partial charge in [0.15, 0.2) is 0 Å². The molecule has 0 aliphatic carbocycles. The second-order valence-electron chi connectivity index (χ2n) is 5.64. The maximum absolute atomic E-state index is 13.2. The monoisotopic (exact) mass is 314 g/mol. The summed E-state index contributed by atoms with van der Waals surface area (Å²) in [6.45, 7) is 4.08. The van der Waals surface area contributed by atoms with E-state index in [0.29, 0.717) is 0 Å². The lowest BCUT2D eigenvalue weighted by molar-refractivity contribution is 0.0995. The molecule has 0 radical (unpaired) electrons. The minimum Gasteiger partial charge on any atom is -0.364 e. The summed E-state index contributed by atoms with van der Waals surface area (Å²) in [5.74, 6) is 0.0527. The fraction of sp³-hybridized carbons (Fsp3) is 0.294. The molecule has 0 spiro atoms. The first kappa shape index (κ1) is 15.4. The van der Waals surface area contributed by atoms with Crippen molar-refractivity contribution in [2.75, 3.05) is 31.1 Å². The third kappa shape index (κ3) is 3.84. The quantitative estimate of drug-likeness (QED) is 0.932. The zero-order valence-corrected chi connectivity index (χ0v) is 12.8. The highest BCUT2D eigenvalue weighted by Gasteiger charge is 2.18. The first-order valence-electron chi connectivity index (χ1n) is 7.60. The minimum absolute atomic E-state index is 0.200. The van der Waals surface area contributed by atoms with Crippen molar-refractivity contribution in [3.8, 4) is 0 Å². The van der Waals surface area contributed by atoms with Crippen LogP contribution in [0.4, 0.5) is 10.2 Å². The van der Waals surface area contributed by atoms with E-state index in [-0.39, 0.29) is 11.5 Å². The molecule has 5 nitrogen and oxygen atoms in total. The first-order valence-corrected chi connectivity index (χ1v) is 7.60. The number of pyridine rings is 1. The molecular weight excluding hydrogens is 295 g/mol. The fourth-order valence-electron chi connectivity index (χ4n) is 2.77. The lowest BCUT2D eigenvalue weighted by Gasteiger charge is -2.35. The Kier molecular flexibility index (Phi) is 4.52. The molecule has 1 fully saturated rings. The van der Waals surface area contributed by atoms with E-state index in [9.17, 15) is 9.18 Å². The predicted molar refractivity (Wildman–Crippen MR) is 86.6 cm³/mol. The van der Waals surface area contributed by atoms with Gasteiger partial charge >= 0.3 is 0 Å². The van der Waals surface area contributed by atoms with Gasteiger partial charge in [-0.05, 0) is 29.8 Å². The van der Waals surface area contributed by atoms with E-state index in [1.165, 1.54) is 6.07 Å². The minimum atomic E-state index is -0.517. The van der Waals surface area contributed by atoms with Crippen molar-refractivity contribution < 1.29 is 9.18 Å². The fourth-order valence-corrected chi connectivity index (χ4v) is 2.77. The first-order chi connectivity index (χ1) is 11.1. The van der Waals surface area contributed by atoms with Crippen LogP contribution in [-0.2, 0) is 6.54 Å². The number of rotatable bonds is 4. The summed E-state index contributed by atoms with van der Waals surface area (Å²) in [7, 11) is 0. The van der Waals surface area contributed by atoms with E-state index in [1.807, 2.05) is 12.1 Å². The van der Waals surface area contributed by atoms with Crippen molar-refractivity contribution in [2.45, 2.75) is 6.54 Å². The Hall–Kier alpha value is -2.47. The number of piperazine rings is 1. The summed E-state index contributed by atoms with van der Waals surface area (Å²) in [6, 6.07) is 12.0. The lowest BCUT2D eigenvalue weighted by Crippen LogP contribution is -2.46. The van der Waals surface area contributed by atoms with Gasteiger partial charge in [0.25, 0.3) is 5.91 Å². The van der Waals surface area contributed by atoms with Crippen molar-refractivity contribution in [1.82, 2.24) is 9.88 Å². The Bertz CT molecular complexity index is 698. The van der Waals surface area contributed by atoms with E-state index >= 15 is 0 Å². The van der Waals surface area contributed by atoms with Crippen LogP contribution in [0.3, 0.4) is 0 Å². The third-order valence-corrected chi connectivity index (χ3v) is 3.98. The van der Waals surface area contributed by atoms with Gasteiger partial charge in [-0.3, -0.25) is 9.69 Å². The third-order valence-electron chi connectivity index (χ3n) is 3.98. The van der Waals surface area contributed by atoms with Gasteiger partial charge in [0.2, 0.25) is 0 Å². The average molecular weight is 314 g/mol. The van der Waals surface area contributed by atoms with Gasteiger partial charge in [-0.15, -0.1) is 0 Å². The van der Waals surface area contributed by atoms with E-state index in [1.54, 1.807) is 24.3 Å². The molecule has 120 valence electrons. The highest BCUT2D eigenvalue weighted by Crippen LogP contribution is 2.16. The zero-order valence-electron chi connectivity index (χ0n) is 12.8. The Morgan fingerprint density at radius 2 is 1.87 bits per heavy atom. The topological polar surface area (TPSA) is 62.5 Å². The molecule has 23 heavy (non-hydrogen) atoms. The van der Waals surface area contributed by atoms with Gasteiger partial charge in [0, 0.05) is 32.7 Å². The van der Waals surface area contributed by atoms with Gasteiger partial charge < -0.3 is 10.6 Å². The molecule has 2 aromatic rings. The molecule has 1 aromatic carbocycles. The van der Waals surface area contributed by atoms with Crippen molar-refractivity contribution in [2.24, 2.45) is 5.73 Å². The number of aromatic nitrogens is 1. The Morgan fingerprint density at radius 1 is 1.13 bits per heavy atom. The second kappa shape index (κ2) is 6.75. The smallest absolute Gasteiger partial charge is 0.267 e. The van der Waals surface area contributed by atoms with Crippen molar-refractivity contribution in [3.05, 3.63) is 59.5 Å². The number of carbonyl (C=O) groups is 1. The molecule has 0 saturated carbocycles. The summed E-state index contributed by atoms with van der Waals surface area (Å²) < 4.78 is 13.2. The summed E-state index contributed by atoms with van der Waals surface area (Å²) in [4.78, 5) is 19.9. The largest absolute Gasteiger partial charge is 0.364 e. The Balaban J connectivity index is 1.60. The van der Waals surface area contributed by atoms with E-state index < -0.39 is 5.91 Å². The Labute approximate surface area is 134 Å². The normalized spacial score (nSPS) is 15.6. The van der Waals surface area contributed by atoms with E-state index in [0.717, 1.165) is 44.1 Å². The van der Waals surface area contributed by atoms with E-state index in [2.05, 4.69) is 14.8 Å². The number of hydrogen-bond donors (Lipinski definition) is 1. The average Bonchev–Trinajstić information content (AvgIpc) is 2.56. The van der Waals surface area contributed by atoms with Crippen LogP contribution in [0.5, 0.6) is 0 Å². The zero-order chi connectivity index (χ0) is 16.2. The molecule has 1 aliphatic heterocycles. The highest BCUT2D eigenvalue weighted by molar-refractivity contribution is 5.91. The molecule has 1 amide bonds. The number of halogens is 1. The molecule has 1 aromatic heterocycles. The van der Waals surface area contributed by atoms with Crippen LogP contribution in [0.25, 0.3) is 0 Å². The summed E-state index contributed by atoms with van der Waals surface area (Å²) in [5, 5.41) is 0. The number of nitrogens with zero attached hydrogens (tertiary/aromatic N) is 3. The summed E-state index contributed by atoms with van der Waals surface area (Å²) in [5.41, 5.74) is 6.53. The van der Waals surface area contributed by atoms with Gasteiger partial charge in [-0.1, -0.05) is 18.2 Å². The number of primary amides is 1. The number of amides is 1. The molecule has 0 unspecified atom stereocenters. The molecule has 0 atom stereocenters. The lowest BCUT2D eigenvalue weighted by atomic mass is 10.2. The van der Waals surface area contributed by atoms with Crippen LogP contribution >= 0.6 is 0 Å². The highest BCUT2D eigenvalue weighted by atomic mass is 19.1.